The van der Waals surface area contributed by atoms with Crippen LogP contribution in [0.5, 0.6) is 11.5 Å². The van der Waals surface area contributed by atoms with Crippen LogP contribution in [0.1, 0.15) is 45.9 Å². The number of aromatic nitrogens is 2. The first kappa shape index (κ1) is 22.6. The van der Waals surface area contributed by atoms with Crippen molar-refractivity contribution in [3.05, 3.63) is 101 Å². The molecule has 0 aliphatic carbocycles. The van der Waals surface area contributed by atoms with E-state index in [0.717, 1.165) is 22.9 Å². The Kier molecular flexibility index (Phi) is 5.45. The number of nitrogens with one attached hydrogen (secondary N) is 1. The number of fused-ring (bicyclic) bond motifs is 1. The molecule has 7 heteroatoms. The van der Waals surface area contributed by atoms with Gasteiger partial charge in [-0.05, 0) is 86.9 Å². The summed E-state index contributed by atoms with van der Waals surface area (Å²) in [7, 11) is 0. The van der Waals surface area contributed by atoms with Crippen LogP contribution in [0.25, 0.3) is 5.69 Å². The Morgan fingerprint density at radius 3 is 2.44 bits per heavy atom. The molecule has 2 aromatic carbocycles. The zero-order chi connectivity index (χ0) is 25.0. The van der Waals surface area contributed by atoms with Crippen molar-refractivity contribution in [2.45, 2.75) is 39.8 Å². The molecule has 2 aliphatic heterocycles. The molecule has 1 saturated heterocycles. The largest absolute Gasteiger partial charge is 0.454 e. The number of pyridine rings is 1. The number of benzene rings is 2. The van der Waals surface area contributed by atoms with Crippen molar-refractivity contribution in [1.82, 2.24) is 14.9 Å². The summed E-state index contributed by atoms with van der Waals surface area (Å²) >= 11 is 5.93. The highest BCUT2D eigenvalue weighted by molar-refractivity contribution is 7.80. The van der Waals surface area contributed by atoms with Gasteiger partial charge in [0.15, 0.2) is 16.6 Å². The molecule has 1 fully saturated rings. The zero-order valence-corrected chi connectivity index (χ0v) is 21.6. The van der Waals surface area contributed by atoms with Gasteiger partial charge in [0.25, 0.3) is 0 Å². The third-order valence-corrected chi connectivity index (χ3v) is 7.50. The molecule has 4 aromatic rings. The highest BCUT2D eigenvalue weighted by Gasteiger charge is 2.42. The number of aryl methyl sites for hydroxylation is 3. The Morgan fingerprint density at radius 2 is 1.69 bits per heavy atom. The van der Waals surface area contributed by atoms with Gasteiger partial charge in [0, 0.05) is 29.3 Å². The topological polar surface area (TPSA) is 51.6 Å². The van der Waals surface area contributed by atoms with E-state index >= 15 is 0 Å². The lowest BCUT2D eigenvalue weighted by atomic mass is 9.96. The van der Waals surface area contributed by atoms with E-state index in [1.165, 1.54) is 33.8 Å². The number of nitrogens with zero attached hydrogens (tertiary/aromatic N) is 3. The van der Waals surface area contributed by atoms with Gasteiger partial charge in [0.05, 0.1) is 23.5 Å². The lowest BCUT2D eigenvalue weighted by Crippen LogP contribution is -2.29. The van der Waals surface area contributed by atoms with E-state index in [0.29, 0.717) is 5.11 Å². The second-order valence-corrected chi connectivity index (χ2v) is 9.82. The summed E-state index contributed by atoms with van der Waals surface area (Å²) in [5, 5.41) is 4.23. The van der Waals surface area contributed by atoms with Crippen LogP contribution in [0, 0.1) is 27.7 Å². The van der Waals surface area contributed by atoms with Crippen LogP contribution < -0.4 is 19.7 Å². The molecule has 0 spiro atoms. The van der Waals surface area contributed by atoms with Gasteiger partial charge < -0.3 is 24.3 Å². The van der Waals surface area contributed by atoms with E-state index in [-0.39, 0.29) is 18.9 Å². The number of hydrogen-bond donors (Lipinski definition) is 1. The molecule has 36 heavy (non-hydrogen) atoms. The molecule has 2 aliphatic rings. The molecule has 0 bridgehead atoms. The molecule has 0 radical (unpaired) electrons. The molecule has 2 aromatic heterocycles. The number of anilines is 1. The third kappa shape index (κ3) is 3.54. The summed E-state index contributed by atoms with van der Waals surface area (Å²) in [6, 6.07) is 20.5. The third-order valence-electron chi connectivity index (χ3n) is 7.18. The summed E-state index contributed by atoms with van der Waals surface area (Å²) < 4.78 is 13.6. The Labute approximate surface area is 216 Å². The Bertz CT molecular complexity index is 1460. The van der Waals surface area contributed by atoms with Gasteiger partial charge in [-0.3, -0.25) is 4.98 Å². The summed E-state index contributed by atoms with van der Waals surface area (Å²) in [4.78, 5) is 6.89. The van der Waals surface area contributed by atoms with Gasteiger partial charge in [-0.2, -0.15) is 0 Å². The van der Waals surface area contributed by atoms with Crippen molar-refractivity contribution in [3.8, 4) is 17.2 Å². The van der Waals surface area contributed by atoms with Crippen molar-refractivity contribution in [2.24, 2.45) is 0 Å². The minimum atomic E-state index is -0.115. The second kappa shape index (κ2) is 8.68. The van der Waals surface area contributed by atoms with Crippen molar-refractivity contribution >= 4 is 23.0 Å². The monoisotopic (exact) mass is 496 g/mol. The molecule has 0 amide bonds. The number of thiocarbonyl (C=S) groups is 1. The molecule has 1 N–H and O–H groups in total. The Balaban J connectivity index is 1.54. The fourth-order valence-electron chi connectivity index (χ4n) is 5.57. The number of para-hydroxylation sites is 1. The first-order chi connectivity index (χ1) is 17.4. The molecular weight excluding hydrogens is 468 g/mol. The van der Waals surface area contributed by atoms with Gasteiger partial charge in [0.2, 0.25) is 6.79 Å². The fraction of sp³-hybridized carbons (Fsp3) is 0.241. The maximum absolute atomic E-state index is 5.93. The molecule has 2 atom stereocenters. The SMILES string of the molecule is Cc1cccc(C)c1-n1c(C)cc([C@@H]2[C@H](c3ccccn3)NC(=S)N2c2ccc3c(c2)OCO3)c1C. The van der Waals surface area contributed by atoms with E-state index < -0.39 is 0 Å². The standard InChI is InChI=1S/C29H28N4O2S/c1-17-8-7-9-18(2)27(17)32-19(3)14-22(20(32)4)28-26(23-10-5-6-13-30-23)31-29(36)33(28)21-11-12-24-25(15-21)35-16-34-24/h5-15,26,28H,16H2,1-4H3,(H,31,36)/t26-,28+/m0/s1. The van der Waals surface area contributed by atoms with Crippen LogP contribution in [-0.4, -0.2) is 21.5 Å². The van der Waals surface area contributed by atoms with Gasteiger partial charge in [0.1, 0.15) is 0 Å². The van der Waals surface area contributed by atoms with E-state index in [4.69, 9.17) is 26.7 Å². The molecule has 4 heterocycles. The average Bonchev–Trinajstić information content (AvgIpc) is 3.55. The maximum Gasteiger partial charge on any atom is 0.231 e. The normalized spacial score (nSPS) is 18.6. The maximum atomic E-state index is 5.93. The van der Waals surface area contributed by atoms with E-state index in [1.54, 1.807) is 0 Å². The summed E-state index contributed by atoms with van der Waals surface area (Å²) in [5.74, 6) is 1.49. The van der Waals surface area contributed by atoms with E-state index in [1.807, 2.05) is 36.5 Å². The van der Waals surface area contributed by atoms with E-state index in [9.17, 15) is 0 Å². The van der Waals surface area contributed by atoms with Gasteiger partial charge in [-0.25, -0.2) is 0 Å². The smallest absolute Gasteiger partial charge is 0.231 e. The minimum Gasteiger partial charge on any atom is -0.454 e. The van der Waals surface area contributed by atoms with Gasteiger partial charge >= 0.3 is 0 Å². The van der Waals surface area contributed by atoms with Crippen molar-refractivity contribution in [1.29, 1.82) is 0 Å². The van der Waals surface area contributed by atoms with Gasteiger partial charge in [-0.1, -0.05) is 24.3 Å². The van der Waals surface area contributed by atoms with Crippen molar-refractivity contribution in [2.75, 3.05) is 11.7 Å². The van der Waals surface area contributed by atoms with Crippen LogP contribution in [0.15, 0.2) is 66.9 Å². The molecule has 0 saturated carbocycles. The van der Waals surface area contributed by atoms with Crippen LogP contribution in [0.2, 0.25) is 0 Å². The number of ether oxygens (including phenoxy) is 2. The summed E-state index contributed by atoms with van der Waals surface area (Å²) in [5.41, 5.74) is 9.21. The molecule has 6 nitrogen and oxygen atoms in total. The van der Waals surface area contributed by atoms with Crippen LogP contribution in [0.3, 0.4) is 0 Å². The lowest BCUT2D eigenvalue weighted by molar-refractivity contribution is 0.174. The predicted octanol–water partition coefficient (Wildman–Crippen LogP) is 6.01. The van der Waals surface area contributed by atoms with Crippen molar-refractivity contribution in [3.63, 3.8) is 0 Å². The van der Waals surface area contributed by atoms with Gasteiger partial charge in [-0.15, -0.1) is 0 Å². The Morgan fingerprint density at radius 1 is 0.917 bits per heavy atom. The van der Waals surface area contributed by atoms with E-state index in [2.05, 4.69) is 72.8 Å². The average molecular weight is 497 g/mol. The first-order valence-electron chi connectivity index (χ1n) is 12.1. The zero-order valence-electron chi connectivity index (χ0n) is 20.8. The Hall–Kier alpha value is -3.84. The summed E-state index contributed by atoms with van der Waals surface area (Å²) in [6.07, 6.45) is 1.83. The van der Waals surface area contributed by atoms with Crippen LogP contribution >= 0.6 is 12.2 Å². The molecular formula is C29H28N4O2S. The predicted molar refractivity (Wildman–Crippen MR) is 145 cm³/mol. The highest BCUT2D eigenvalue weighted by atomic mass is 32.1. The molecule has 0 unspecified atom stereocenters. The number of rotatable bonds is 4. The highest BCUT2D eigenvalue weighted by Crippen LogP contribution is 2.46. The lowest BCUT2D eigenvalue weighted by Gasteiger charge is -2.28. The quantitative estimate of drug-likeness (QED) is 0.349. The van der Waals surface area contributed by atoms with Crippen molar-refractivity contribution < 1.29 is 9.47 Å². The molecule has 6 rings (SSSR count). The van der Waals surface area contributed by atoms with Crippen LogP contribution in [0.4, 0.5) is 5.69 Å². The first-order valence-corrected chi connectivity index (χ1v) is 12.5. The minimum absolute atomic E-state index is 0.1000. The molecule has 182 valence electrons. The fourth-order valence-corrected chi connectivity index (χ4v) is 5.92. The second-order valence-electron chi connectivity index (χ2n) is 9.44. The summed E-state index contributed by atoms with van der Waals surface area (Å²) in [6.45, 7) is 8.94. The van der Waals surface area contributed by atoms with Crippen LogP contribution in [-0.2, 0) is 0 Å². The number of hydrogen-bond acceptors (Lipinski definition) is 4.